The summed E-state index contributed by atoms with van der Waals surface area (Å²) in [5.74, 6) is -0.316. The number of hydrogen-bond donors (Lipinski definition) is 0. The standard InChI is InChI=1S/C13H16N2O6/c1-19-10-5-3-4-9(12(10)15(17)18)14-6-7-21-11(8-14)13(16)20-2/h3-5,11H,6-8H2,1-2H3. The lowest BCUT2D eigenvalue weighted by Gasteiger charge is -2.32. The molecule has 1 heterocycles. The largest absolute Gasteiger partial charge is 0.490 e. The summed E-state index contributed by atoms with van der Waals surface area (Å²) in [5, 5.41) is 11.3. The zero-order chi connectivity index (χ0) is 15.4. The number of ether oxygens (including phenoxy) is 3. The minimum atomic E-state index is -0.755. The number of esters is 1. The first kappa shape index (κ1) is 15.0. The summed E-state index contributed by atoms with van der Waals surface area (Å²) >= 11 is 0. The fourth-order valence-electron chi connectivity index (χ4n) is 2.26. The molecule has 1 atom stereocenters. The number of methoxy groups -OCH3 is 2. The molecular weight excluding hydrogens is 280 g/mol. The molecular formula is C13H16N2O6. The first-order valence-corrected chi connectivity index (χ1v) is 6.34. The molecule has 0 aliphatic carbocycles. The van der Waals surface area contributed by atoms with Gasteiger partial charge in [0.1, 0.15) is 5.69 Å². The highest BCUT2D eigenvalue weighted by Crippen LogP contribution is 2.37. The van der Waals surface area contributed by atoms with Crippen LogP contribution in [0.1, 0.15) is 0 Å². The number of carbonyl (C=O) groups excluding carboxylic acids is 1. The molecule has 1 aliphatic heterocycles. The molecule has 2 rings (SSSR count). The predicted molar refractivity (Wildman–Crippen MR) is 73.6 cm³/mol. The SMILES string of the molecule is COC(=O)C1CN(c2cccc(OC)c2[N+](=O)[O-])CCO1. The number of para-hydroxylation sites is 1. The molecule has 0 amide bonds. The Morgan fingerprint density at radius 1 is 1.48 bits per heavy atom. The van der Waals surface area contributed by atoms with Gasteiger partial charge in [-0.1, -0.05) is 6.07 Å². The van der Waals surface area contributed by atoms with Gasteiger partial charge in [-0.15, -0.1) is 0 Å². The molecule has 0 aromatic heterocycles. The number of nitro groups is 1. The quantitative estimate of drug-likeness (QED) is 0.464. The third-order valence-corrected chi connectivity index (χ3v) is 3.25. The maximum Gasteiger partial charge on any atom is 0.336 e. The van der Waals surface area contributed by atoms with E-state index in [-0.39, 0.29) is 24.6 Å². The first-order valence-electron chi connectivity index (χ1n) is 6.34. The smallest absolute Gasteiger partial charge is 0.336 e. The molecule has 0 saturated carbocycles. The molecule has 1 aliphatic rings. The first-order chi connectivity index (χ1) is 10.1. The summed E-state index contributed by atoms with van der Waals surface area (Å²) < 4.78 is 15.0. The Balaban J connectivity index is 2.33. The molecule has 0 bridgehead atoms. The second kappa shape index (κ2) is 6.40. The van der Waals surface area contributed by atoms with Crippen molar-refractivity contribution in [1.29, 1.82) is 0 Å². The highest BCUT2D eigenvalue weighted by atomic mass is 16.6. The van der Waals surface area contributed by atoms with Gasteiger partial charge in [0, 0.05) is 6.54 Å². The van der Waals surface area contributed by atoms with Crippen LogP contribution in [0.25, 0.3) is 0 Å². The van der Waals surface area contributed by atoms with Crippen LogP contribution in [0.2, 0.25) is 0 Å². The Hall–Kier alpha value is -2.35. The Morgan fingerprint density at radius 3 is 2.86 bits per heavy atom. The second-order valence-electron chi connectivity index (χ2n) is 4.41. The number of benzene rings is 1. The highest BCUT2D eigenvalue weighted by molar-refractivity contribution is 5.77. The van der Waals surface area contributed by atoms with Gasteiger partial charge in [-0.2, -0.15) is 0 Å². The lowest BCUT2D eigenvalue weighted by atomic mass is 10.2. The van der Waals surface area contributed by atoms with Crippen LogP contribution in [0, 0.1) is 10.1 Å². The summed E-state index contributed by atoms with van der Waals surface area (Å²) in [6.45, 7) is 0.927. The Labute approximate surface area is 121 Å². The van der Waals surface area contributed by atoms with Crippen LogP contribution in [-0.4, -0.2) is 50.9 Å². The van der Waals surface area contributed by atoms with Crippen LogP contribution in [0.4, 0.5) is 11.4 Å². The average molecular weight is 296 g/mol. The minimum absolute atomic E-state index is 0.120. The summed E-state index contributed by atoms with van der Waals surface area (Å²) in [5.41, 5.74) is 0.280. The highest BCUT2D eigenvalue weighted by Gasteiger charge is 2.32. The number of rotatable bonds is 4. The third kappa shape index (κ3) is 3.05. The Kier molecular flexibility index (Phi) is 4.59. The molecule has 1 unspecified atom stereocenters. The van der Waals surface area contributed by atoms with Crippen LogP contribution in [0.15, 0.2) is 18.2 Å². The van der Waals surface area contributed by atoms with Crippen molar-refractivity contribution in [2.75, 3.05) is 38.8 Å². The zero-order valence-electron chi connectivity index (χ0n) is 11.8. The number of hydrogen-bond acceptors (Lipinski definition) is 7. The van der Waals surface area contributed by atoms with Gasteiger partial charge in [-0.05, 0) is 12.1 Å². The van der Waals surface area contributed by atoms with Gasteiger partial charge in [-0.3, -0.25) is 10.1 Å². The van der Waals surface area contributed by atoms with Crippen LogP contribution in [0.3, 0.4) is 0 Å². The molecule has 114 valence electrons. The van der Waals surface area contributed by atoms with Crippen molar-refractivity contribution in [2.45, 2.75) is 6.10 Å². The number of carbonyl (C=O) groups is 1. The zero-order valence-corrected chi connectivity index (χ0v) is 11.8. The van der Waals surface area contributed by atoms with E-state index in [0.717, 1.165) is 0 Å². The molecule has 0 N–H and O–H groups in total. The van der Waals surface area contributed by atoms with Crippen molar-refractivity contribution in [2.24, 2.45) is 0 Å². The van der Waals surface area contributed by atoms with Gasteiger partial charge in [0.05, 0.1) is 32.3 Å². The molecule has 8 heteroatoms. The van der Waals surface area contributed by atoms with Gasteiger partial charge in [-0.25, -0.2) is 4.79 Å². The van der Waals surface area contributed by atoms with E-state index in [1.807, 2.05) is 0 Å². The monoisotopic (exact) mass is 296 g/mol. The normalized spacial score (nSPS) is 18.2. The van der Waals surface area contributed by atoms with E-state index in [9.17, 15) is 14.9 Å². The van der Waals surface area contributed by atoms with Crippen LogP contribution >= 0.6 is 0 Å². The third-order valence-electron chi connectivity index (χ3n) is 3.25. The maximum absolute atomic E-state index is 11.6. The van der Waals surface area contributed by atoms with E-state index in [0.29, 0.717) is 12.2 Å². The van der Waals surface area contributed by atoms with E-state index in [1.54, 1.807) is 17.0 Å². The van der Waals surface area contributed by atoms with Crippen LogP contribution in [-0.2, 0) is 14.3 Å². The van der Waals surface area contributed by atoms with Gasteiger partial charge in [0.25, 0.3) is 0 Å². The van der Waals surface area contributed by atoms with Crippen LogP contribution < -0.4 is 9.64 Å². The summed E-state index contributed by atoms with van der Waals surface area (Å²) in [6, 6.07) is 4.82. The molecule has 0 spiro atoms. The molecule has 21 heavy (non-hydrogen) atoms. The molecule has 1 fully saturated rings. The number of nitro benzene ring substituents is 1. The molecule has 1 aromatic carbocycles. The average Bonchev–Trinajstić information content (AvgIpc) is 2.53. The number of morpholine rings is 1. The van der Waals surface area contributed by atoms with Crippen molar-refractivity contribution in [3.8, 4) is 5.75 Å². The molecule has 0 radical (unpaired) electrons. The van der Waals surface area contributed by atoms with Crippen molar-refractivity contribution < 1.29 is 23.9 Å². The van der Waals surface area contributed by atoms with E-state index >= 15 is 0 Å². The van der Waals surface area contributed by atoms with Crippen LogP contribution in [0.5, 0.6) is 5.75 Å². The summed E-state index contributed by atoms with van der Waals surface area (Å²) in [4.78, 5) is 24.1. The molecule has 1 saturated heterocycles. The number of anilines is 1. The molecule has 8 nitrogen and oxygen atoms in total. The molecule has 1 aromatic rings. The topological polar surface area (TPSA) is 91.1 Å². The van der Waals surface area contributed by atoms with E-state index in [1.165, 1.54) is 20.3 Å². The fraction of sp³-hybridized carbons (Fsp3) is 0.462. The van der Waals surface area contributed by atoms with Crippen molar-refractivity contribution in [3.63, 3.8) is 0 Å². The fourth-order valence-corrected chi connectivity index (χ4v) is 2.26. The van der Waals surface area contributed by atoms with E-state index < -0.39 is 17.0 Å². The second-order valence-corrected chi connectivity index (χ2v) is 4.41. The van der Waals surface area contributed by atoms with Gasteiger partial charge >= 0.3 is 11.7 Å². The van der Waals surface area contributed by atoms with E-state index in [2.05, 4.69) is 4.74 Å². The summed E-state index contributed by atoms with van der Waals surface area (Å²) in [6.07, 6.45) is -0.755. The predicted octanol–water partition coefficient (Wildman–Crippen LogP) is 0.982. The van der Waals surface area contributed by atoms with Crippen molar-refractivity contribution in [3.05, 3.63) is 28.3 Å². The van der Waals surface area contributed by atoms with Gasteiger partial charge in [0.2, 0.25) is 0 Å². The van der Waals surface area contributed by atoms with E-state index in [4.69, 9.17) is 9.47 Å². The summed E-state index contributed by atoms with van der Waals surface area (Å²) in [7, 11) is 2.65. The minimum Gasteiger partial charge on any atom is -0.490 e. The Morgan fingerprint density at radius 2 is 2.24 bits per heavy atom. The maximum atomic E-state index is 11.6. The Bertz CT molecular complexity index is 547. The number of nitrogens with zero attached hydrogens (tertiary/aromatic N) is 2. The van der Waals surface area contributed by atoms with Crippen molar-refractivity contribution >= 4 is 17.3 Å². The van der Waals surface area contributed by atoms with Crippen molar-refractivity contribution in [1.82, 2.24) is 0 Å². The van der Waals surface area contributed by atoms with Gasteiger partial charge < -0.3 is 19.1 Å². The lowest BCUT2D eigenvalue weighted by Crippen LogP contribution is -2.46. The lowest BCUT2D eigenvalue weighted by molar-refractivity contribution is -0.385. The van der Waals surface area contributed by atoms with Gasteiger partial charge in [0.15, 0.2) is 11.9 Å².